The second-order valence-corrected chi connectivity index (χ2v) is 7.20. The lowest BCUT2D eigenvalue weighted by Gasteiger charge is -2.20. The monoisotopic (exact) mass is 310 g/mol. The van der Waals surface area contributed by atoms with Crippen LogP contribution in [0.3, 0.4) is 0 Å². The fourth-order valence-corrected chi connectivity index (χ4v) is 2.27. The molecule has 1 amide bonds. The number of ether oxygens (including phenoxy) is 1. The Morgan fingerprint density at radius 2 is 2.10 bits per heavy atom. The van der Waals surface area contributed by atoms with Crippen molar-refractivity contribution in [3.63, 3.8) is 0 Å². The predicted molar refractivity (Wildman–Crippen MR) is 85.8 cm³/mol. The van der Waals surface area contributed by atoms with Crippen LogP contribution in [0, 0.1) is 0 Å². The maximum atomic E-state index is 11.8. The Morgan fingerprint density at radius 1 is 1.43 bits per heavy atom. The van der Waals surface area contributed by atoms with Crippen LogP contribution in [0.1, 0.15) is 45.6 Å². The number of amides is 1. The maximum absolute atomic E-state index is 11.8. The third kappa shape index (κ3) is 5.21. The summed E-state index contributed by atoms with van der Waals surface area (Å²) in [4.78, 5) is 11.8. The van der Waals surface area contributed by atoms with Crippen molar-refractivity contribution >= 4 is 23.4 Å². The van der Waals surface area contributed by atoms with E-state index in [4.69, 9.17) is 22.1 Å². The Hall–Kier alpha value is -1.26. The molecule has 1 aromatic rings. The Balaban J connectivity index is 1.98. The van der Waals surface area contributed by atoms with E-state index in [2.05, 4.69) is 5.32 Å². The average Bonchev–Trinajstić information content (AvgIpc) is 3.06. The van der Waals surface area contributed by atoms with Gasteiger partial charge in [-0.1, -0.05) is 11.6 Å². The minimum atomic E-state index is -0.517. The molecule has 1 aliphatic carbocycles. The van der Waals surface area contributed by atoms with Crippen LogP contribution in [0.25, 0.3) is 0 Å². The molecule has 116 valence electrons. The van der Waals surface area contributed by atoms with Crippen molar-refractivity contribution in [3.8, 4) is 0 Å². The Labute approximate surface area is 131 Å². The van der Waals surface area contributed by atoms with Crippen LogP contribution in [-0.2, 0) is 11.2 Å². The number of benzene rings is 1. The summed E-state index contributed by atoms with van der Waals surface area (Å²) in [5.74, 6) is 0. The number of halogens is 1. The van der Waals surface area contributed by atoms with Gasteiger partial charge in [-0.05, 0) is 70.2 Å². The molecular weight excluding hydrogens is 288 g/mol. The number of carbonyl (C=O) groups excluding carboxylic acids is 1. The van der Waals surface area contributed by atoms with E-state index in [1.165, 1.54) is 0 Å². The number of nitrogens with two attached hydrogens (primary N) is 1. The number of hydrogen-bond donors (Lipinski definition) is 2. The second-order valence-electron chi connectivity index (χ2n) is 6.80. The number of hydrogen-bond acceptors (Lipinski definition) is 3. The largest absolute Gasteiger partial charge is 0.444 e. The molecule has 0 heterocycles. The van der Waals surface area contributed by atoms with E-state index >= 15 is 0 Å². The Kier molecular flexibility index (Phi) is 4.49. The van der Waals surface area contributed by atoms with Crippen LogP contribution < -0.4 is 11.1 Å². The third-order valence-corrected chi connectivity index (χ3v) is 3.84. The topological polar surface area (TPSA) is 64.3 Å². The summed E-state index contributed by atoms with van der Waals surface area (Å²) in [6, 6.07) is 5.45. The predicted octanol–water partition coefficient (Wildman–Crippen LogP) is 4.11. The lowest BCUT2D eigenvalue weighted by Crippen LogP contribution is -2.27. The zero-order valence-electron chi connectivity index (χ0n) is 12.8. The molecule has 0 aromatic heterocycles. The molecule has 0 radical (unpaired) electrons. The lowest BCUT2D eigenvalue weighted by atomic mass is 10.0. The van der Waals surface area contributed by atoms with Gasteiger partial charge in [-0.3, -0.25) is 5.32 Å². The molecule has 0 bridgehead atoms. The molecule has 0 saturated heterocycles. The number of anilines is 1. The van der Waals surface area contributed by atoms with Gasteiger partial charge in [0.2, 0.25) is 0 Å². The molecule has 1 aliphatic rings. The highest BCUT2D eigenvalue weighted by Gasteiger charge is 2.37. The molecular formula is C16H23ClN2O2. The standard InChI is InChI=1S/C16H23ClN2O2/c1-15(2,3)21-14(20)19-12-4-5-13(17)11(10-12)6-7-16(18)8-9-16/h4-5,10H,6-9,18H2,1-3H3,(H,19,20). The summed E-state index contributed by atoms with van der Waals surface area (Å²) < 4.78 is 5.23. The molecule has 3 N–H and O–H groups in total. The van der Waals surface area contributed by atoms with Gasteiger partial charge in [0.05, 0.1) is 0 Å². The first-order chi connectivity index (χ1) is 9.67. The SMILES string of the molecule is CC(C)(C)OC(=O)Nc1ccc(Cl)c(CCC2(N)CC2)c1. The van der Waals surface area contributed by atoms with Gasteiger partial charge in [0.25, 0.3) is 0 Å². The van der Waals surface area contributed by atoms with Crippen LogP contribution in [0.15, 0.2) is 18.2 Å². The average molecular weight is 311 g/mol. The van der Waals surface area contributed by atoms with E-state index < -0.39 is 11.7 Å². The van der Waals surface area contributed by atoms with E-state index in [0.29, 0.717) is 10.7 Å². The molecule has 0 aliphatic heterocycles. The first-order valence-electron chi connectivity index (χ1n) is 7.24. The van der Waals surface area contributed by atoms with Crippen LogP contribution in [0.5, 0.6) is 0 Å². The minimum Gasteiger partial charge on any atom is -0.444 e. The molecule has 21 heavy (non-hydrogen) atoms. The van der Waals surface area contributed by atoms with Gasteiger partial charge in [-0.25, -0.2) is 4.79 Å². The molecule has 2 rings (SSSR count). The molecule has 1 fully saturated rings. The summed E-state index contributed by atoms with van der Waals surface area (Å²) in [5.41, 5.74) is 7.27. The first kappa shape index (κ1) is 16.1. The van der Waals surface area contributed by atoms with E-state index in [0.717, 1.165) is 31.2 Å². The number of aryl methyl sites for hydroxylation is 1. The van der Waals surface area contributed by atoms with E-state index in [1.54, 1.807) is 12.1 Å². The maximum Gasteiger partial charge on any atom is 0.412 e. The second kappa shape index (κ2) is 5.85. The Morgan fingerprint density at radius 3 is 2.67 bits per heavy atom. The first-order valence-corrected chi connectivity index (χ1v) is 7.62. The molecule has 1 saturated carbocycles. The summed E-state index contributed by atoms with van der Waals surface area (Å²) in [7, 11) is 0. The van der Waals surface area contributed by atoms with Gasteiger partial charge < -0.3 is 10.5 Å². The molecule has 0 atom stereocenters. The van der Waals surface area contributed by atoms with Crippen LogP contribution in [-0.4, -0.2) is 17.2 Å². The van der Waals surface area contributed by atoms with Crippen molar-refractivity contribution < 1.29 is 9.53 Å². The van der Waals surface area contributed by atoms with Crippen molar-refractivity contribution in [2.45, 2.75) is 57.6 Å². The van der Waals surface area contributed by atoms with Gasteiger partial charge in [-0.15, -0.1) is 0 Å². The molecule has 1 aromatic carbocycles. The van der Waals surface area contributed by atoms with Gasteiger partial charge in [0.1, 0.15) is 5.60 Å². The number of rotatable bonds is 4. The highest BCUT2D eigenvalue weighted by molar-refractivity contribution is 6.31. The van der Waals surface area contributed by atoms with E-state index in [-0.39, 0.29) is 5.54 Å². The zero-order chi connectivity index (χ0) is 15.7. The summed E-state index contributed by atoms with van der Waals surface area (Å²) >= 11 is 6.20. The quantitative estimate of drug-likeness (QED) is 0.879. The lowest BCUT2D eigenvalue weighted by molar-refractivity contribution is 0.0636. The fourth-order valence-electron chi connectivity index (χ4n) is 2.06. The van der Waals surface area contributed by atoms with Crippen LogP contribution in [0.4, 0.5) is 10.5 Å². The van der Waals surface area contributed by atoms with Crippen molar-refractivity contribution in [3.05, 3.63) is 28.8 Å². The highest BCUT2D eigenvalue weighted by Crippen LogP contribution is 2.37. The van der Waals surface area contributed by atoms with Crippen molar-refractivity contribution in [1.82, 2.24) is 0 Å². The number of carbonyl (C=O) groups is 1. The normalized spacial score (nSPS) is 16.4. The van der Waals surface area contributed by atoms with Crippen molar-refractivity contribution in [1.29, 1.82) is 0 Å². The third-order valence-electron chi connectivity index (χ3n) is 3.48. The van der Waals surface area contributed by atoms with E-state index in [1.807, 2.05) is 26.8 Å². The van der Waals surface area contributed by atoms with Crippen LogP contribution >= 0.6 is 11.6 Å². The minimum absolute atomic E-state index is 0.00206. The van der Waals surface area contributed by atoms with E-state index in [9.17, 15) is 4.79 Å². The summed E-state index contributed by atoms with van der Waals surface area (Å²) in [6.07, 6.45) is 3.44. The number of nitrogens with one attached hydrogen (secondary N) is 1. The van der Waals surface area contributed by atoms with Crippen molar-refractivity contribution in [2.75, 3.05) is 5.32 Å². The molecule has 0 spiro atoms. The van der Waals surface area contributed by atoms with Gasteiger partial charge in [0, 0.05) is 16.2 Å². The fraction of sp³-hybridized carbons (Fsp3) is 0.562. The van der Waals surface area contributed by atoms with Gasteiger partial charge in [0.15, 0.2) is 0 Å². The molecule has 4 nitrogen and oxygen atoms in total. The van der Waals surface area contributed by atoms with Gasteiger partial charge in [-0.2, -0.15) is 0 Å². The summed E-state index contributed by atoms with van der Waals surface area (Å²) in [5, 5.41) is 3.43. The smallest absolute Gasteiger partial charge is 0.412 e. The molecule has 5 heteroatoms. The Bertz CT molecular complexity index is 534. The van der Waals surface area contributed by atoms with Gasteiger partial charge >= 0.3 is 6.09 Å². The molecule has 0 unspecified atom stereocenters. The van der Waals surface area contributed by atoms with Crippen LogP contribution in [0.2, 0.25) is 5.02 Å². The highest BCUT2D eigenvalue weighted by atomic mass is 35.5. The van der Waals surface area contributed by atoms with Crippen molar-refractivity contribution in [2.24, 2.45) is 5.73 Å². The summed E-state index contributed by atoms with van der Waals surface area (Å²) in [6.45, 7) is 5.49. The zero-order valence-corrected chi connectivity index (χ0v) is 13.6.